The fraction of sp³-hybridized carbons (Fsp3) is 0.455. The number of rotatable bonds is 2. The number of aliphatic imine (C=N–C) groups is 1. The predicted molar refractivity (Wildman–Crippen MR) is 64.2 cm³/mol. The first kappa shape index (κ1) is 12.7. The lowest BCUT2D eigenvalue weighted by Crippen LogP contribution is -2.44. The molecule has 3 unspecified atom stereocenters. The van der Waals surface area contributed by atoms with Gasteiger partial charge in [-0.25, -0.2) is 23.1 Å². The van der Waals surface area contributed by atoms with E-state index in [1.165, 1.54) is 6.07 Å². The first-order valence-electron chi connectivity index (χ1n) is 5.58. The molecule has 2 heterocycles. The number of hydrogen-bond acceptors (Lipinski definition) is 4. The van der Waals surface area contributed by atoms with Crippen molar-refractivity contribution in [3.63, 3.8) is 0 Å². The molecule has 0 bridgehead atoms. The molecule has 19 heavy (non-hydrogen) atoms. The Morgan fingerprint density at radius 3 is 2.89 bits per heavy atom. The third-order valence-corrected chi connectivity index (χ3v) is 3.83. The van der Waals surface area contributed by atoms with E-state index in [0.29, 0.717) is 6.42 Å². The van der Waals surface area contributed by atoms with Crippen LogP contribution >= 0.6 is 15.9 Å². The lowest BCUT2D eigenvalue weighted by Gasteiger charge is -2.32. The molecule has 1 aromatic rings. The lowest BCUT2D eigenvalue weighted by molar-refractivity contribution is 0.0149. The van der Waals surface area contributed by atoms with E-state index in [0.717, 1.165) is 6.07 Å². The molecule has 3 atom stereocenters. The number of ether oxygens (including phenoxy) is 1. The van der Waals surface area contributed by atoms with E-state index in [1.807, 2.05) is 0 Å². The minimum absolute atomic E-state index is 0.265. The molecular weight excluding hydrogens is 327 g/mol. The van der Waals surface area contributed by atoms with Gasteiger partial charge in [-0.2, -0.15) is 0 Å². The van der Waals surface area contributed by atoms with Crippen LogP contribution in [0.25, 0.3) is 0 Å². The largest absolute Gasteiger partial charge is 0.462 e. The summed E-state index contributed by atoms with van der Waals surface area (Å²) in [6.07, 6.45) is -2.99. The third-order valence-electron chi connectivity index (χ3n) is 3.39. The quantitative estimate of drug-likeness (QED) is 0.842. The molecule has 1 aliphatic carbocycles. The molecule has 8 heteroatoms. The van der Waals surface area contributed by atoms with Crippen LogP contribution in [0.15, 0.2) is 21.7 Å². The summed E-state index contributed by atoms with van der Waals surface area (Å²) in [5.41, 5.74) is 2.98. The molecule has 2 N–H and O–H groups in total. The Morgan fingerprint density at radius 2 is 2.21 bits per heavy atom. The Labute approximate surface area is 115 Å². The second-order valence-corrected chi connectivity index (χ2v) is 5.35. The Hall–Kier alpha value is -1.31. The summed E-state index contributed by atoms with van der Waals surface area (Å²) < 4.78 is 46.4. The van der Waals surface area contributed by atoms with Crippen molar-refractivity contribution in [3.8, 4) is 0 Å². The molecule has 102 valence electrons. The van der Waals surface area contributed by atoms with Crippen molar-refractivity contribution < 1.29 is 17.9 Å². The van der Waals surface area contributed by atoms with Crippen molar-refractivity contribution in [2.75, 3.05) is 0 Å². The average Bonchev–Trinajstić information content (AvgIpc) is 3.10. The van der Waals surface area contributed by atoms with Gasteiger partial charge < -0.3 is 10.5 Å². The van der Waals surface area contributed by atoms with E-state index < -0.39 is 35.5 Å². The Bertz CT molecular complexity index is 568. The Balaban J connectivity index is 2.21. The van der Waals surface area contributed by atoms with Crippen molar-refractivity contribution in [1.82, 2.24) is 4.98 Å². The first-order valence-corrected chi connectivity index (χ1v) is 6.37. The van der Waals surface area contributed by atoms with Gasteiger partial charge in [0.1, 0.15) is 22.2 Å². The van der Waals surface area contributed by atoms with E-state index in [9.17, 15) is 13.2 Å². The van der Waals surface area contributed by atoms with Gasteiger partial charge in [-0.15, -0.1) is 0 Å². The molecule has 2 aliphatic rings. The number of amidine groups is 1. The highest BCUT2D eigenvalue weighted by atomic mass is 79.9. The number of hydrogen-bond donors (Lipinski definition) is 1. The van der Waals surface area contributed by atoms with Gasteiger partial charge in [0.05, 0.1) is 0 Å². The lowest BCUT2D eigenvalue weighted by atomic mass is 9.88. The van der Waals surface area contributed by atoms with Crippen LogP contribution in [-0.2, 0) is 10.3 Å². The van der Waals surface area contributed by atoms with E-state index in [1.54, 1.807) is 0 Å². The number of aromatic nitrogens is 1. The first-order chi connectivity index (χ1) is 8.95. The van der Waals surface area contributed by atoms with E-state index >= 15 is 0 Å². The second-order valence-electron chi connectivity index (χ2n) is 4.54. The number of pyridine rings is 1. The molecule has 0 aromatic carbocycles. The van der Waals surface area contributed by atoms with Gasteiger partial charge >= 0.3 is 0 Å². The van der Waals surface area contributed by atoms with Crippen LogP contribution in [-0.4, -0.2) is 23.5 Å². The number of fused-ring (bicyclic) bond motifs is 1. The zero-order valence-corrected chi connectivity index (χ0v) is 11.1. The summed E-state index contributed by atoms with van der Waals surface area (Å²) >= 11 is 3.05. The van der Waals surface area contributed by atoms with Gasteiger partial charge in [-0.05, 0) is 34.5 Å². The predicted octanol–water partition coefficient (Wildman–Crippen LogP) is 2.18. The molecule has 3 rings (SSSR count). The van der Waals surface area contributed by atoms with E-state index in [4.69, 9.17) is 10.5 Å². The van der Waals surface area contributed by atoms with Gasteiger partial charge in [0.15, 0.2) is 5.54 Å². The zero-order chi connectivity index (χ0) is 13.8. The molecule has 4 nitrogen and oxygen atoms in total. The monoisotopic (exact) mass is 335 g/mol. The molecule has 0 radical (unpaired) electrons. The normalized spacial score (nSPS) is 32.6. The molecule has 0 spiro atoms. The minimum atomic E-state index is -2.92. The molecule has 1 aliphatic heterocycles. The van der Waals surface area contributed by atoms with Gasteiger partial charge in [0.2, 0.25) is 0 Å². The number of nitrogens with zero attached hydrogens (tertiary/aromatic N) is 2. The van der Waals surface area contributed by atoms with Gasteiger partial charge in [-0.3, -0.25) is 0 Å². The SMILES string of the molecule is NC1=NC(c2nc(Br)ccc2F)(C(F)F)C2CC2O1. The highest BCUT2D eigenvalue weighted by molar-refractivity contribution is 9.10. The maximum absolute atomic E-state index is 13.9. The van der Waals surface area contributed by atoms with Crippen molar-refractivity contribution in [2.24, 2.45) is 16.6 Å². The van der Waals surface area contributed by atoms with E-state index in [-0.39, 0.29) is 10.6 Å². The highest BCUT2D eigenvalue weighted by Gasteiger charge is 2.65. The molecule has 1 fully saturated rings. The van der Waals surface area contributed by atoms with Gasteiger partial charge in [0, 0.05) is 5.92 Å². The smallest absolute Gasteiger partial charge is 0.283 e. The number of alkyl halides is 2. The molecule has 1 saturated carbocycles. The number of nitrogens with two attached hydrogens (primary N) is 1. The third kappa shape index (κ3) is 1.80. The van der Waals surface area contributed by atoms with Gasteiger partial charge in [0.25, 0.3) is 12.4 Å². The van der Waals surface area contributed by atoms with Crippen molar-refractivity contribution >= 4 is 22.0 Å². The zero-order valence-electron chi connectivity index (χ0n) is 9.49. The molecule has 0 saturated heterocycles. The topological polar surface area (TPSA) is 60.5 Å². The summed E-state index contributed by atoms with van der Waals surface area (Å²) in [4.78, 5) is 7.55. The van der Waals surface area contributed by atoms with Crippen LogP contribution in [0.1, 0.15) is 12.1 Å². The maximum atomic E-state index is 13.9. The Kier molecular flexibility index (Phi) is 2.74. The van der Waals surface area contributed by atoms with Crippen molar-refractivity contribution in [1.29, 1.82) is 0 Å². The van der Waals surface area contributed by atoms with Crippen molar-refractivity contribution in [3.05, 3.63) is 28.2 Å². The van der Waals surface area contributed by atoms with E-state index in [2.05, 4.69) is 25.9 Å². The van der Waals surface area contributed by atoms with Crippen LogP contribution in [0.5, 0.6) is 0 Å². The van der Waals surface area contributed by atoms with Crippen LogP contribution < -0.4 is 5.73 Å². The highest BCUT2D eigenvalue weighted by Crippen LogP contribution is 2.55. The standard InChI is InChI=1S/C11H9BrF3N3O/c12-7-2-1-5(13)8(17-7)11(9(14)15)4-3-6(4)19-10(16)18-11/h1-2,4,6,9H,3H2,(H2,16,18). The minimum Gasteiger partial charge on any atom is -0.462 e. The summed E-state index contributed by atoms with van der Waals surface area (Å²) in [5, 5.41) is 0. The van der Waals surface area contributed by atoms with Crippen LogP contribution in [0, 0.1) is 11.7 Å². The summed E-state index contributed by atoms with van der Waals surface area (Å²) in [6.45, 7) is 0. The number of halogens is 4. The van der Waals surface area contributed by atoms with Crippen LogP contribution in [0.3, 0.4) is 0 Å². The fourth-order valence-electron chi connectivity index (χ4n) is 2.45. The maximum Gasteiger partial charge on any atom is 0.283 e. The fourth-order valence-corrected chi connectivity index (χ4v) is 2.76. The summed E-state index contributed by atoms with van der Waals surface area (Å²) in [6, 6.07) is 2.07. The van der Waals surface area contributed by atoms with Crippen LogP contribution in [0.2, 0.25) is 0 Å². The van der Waals surface area contributed by atoms with Gasteiger partial charge in [-0.1, -0.05) is 0 Å². The van der Waals surface area contributed by atoms with Crippen molar-refractivity contribution in [2.45, 2.75) is 24.5 Å². The second kappa shape index (κ2) is 4.09. The van der Waals surface area contributed by atoms with Crippen LogP contribution in [0.4, 0.5) is 13.2 Å². The molecule has 1 aromatic heterocycles. The Morgan fingerprint density at radius 1 is 1.47 bits per heavy atom. The molecular formula is C11H9BrF3N3O. The summed E-state index contributed by atoms with van der Waals surface area (Å²) in [7, 11) is 0. The average molecular weight is 336 g/mol. The molecule has 0 amide bonds. The summed E-state index contributed by atoms with van der Waals surface area (Å²) in [5.74, 6) is -1.43.